The van der Waals surface area contributed by atoms with Crippen LogP contribution in [-0.2, 0) is 9.47 Å². The lowest BCUT2D eigenvalue weighted by Gasteiger charge is -2.23. The van der Waals surface area contributed by atoms with Crippen molar-refractivity contribution in [2.24, 2.45) is 0 Å². The number of rotatable bonds is 1. The first kappa shape index (κ1) is 13.1. The van der Waals surface area contributed by atoms with E-state index in [0.717, 1.165) is 11.1 Å². The number of hydrogen-bond donors (Lipinski definition) is 0. The summed E-state index contributed by atoms with van der Waals surface area (Å²) >= 11 is 0. The predicted octanol–water partition coefficient (Wildman–Crippen LogP) is 2.76. The molecule has 0 aromatic carbocycles. The van der Waals surface area contributed by atoms with Crippen LogP contribution in [0.4, 0.5) is 0 Å². The van der Waals surface area contributed by atoms with E-state index >= 15 is 0 Å². The lowest BCUT2D eigenvalue weighted by Crippen LogP contribution is -2.22. The highest BCUT2D eigenvalue weighted by Gasteiger charge is 2.17. The monoisotopic (exact) mass is 248 g/mol. The van der Waals surface area contributed by atoms with Crippen molar-refractivity contribution in [2.45, 2.75) is 26.9 Å². The third-order valence-electron chi connectivity index (χ3n) is 2.92. The zero-order valence-electron chi connectivity index (χ0n) is 11.2. The second kappa shape index (κ2) is 5.98. The van der Waals surface area contributed by atoms with E-state index in [1.165, 1.54) is 5.56 Å². The van der Waals surface area contributed by atoms with E-state index < -0.39 is 0 Å². The molecule has 4 heteroatoms. The van der Waals surface area contributed by atoms with Crippen molar-refractivity contribution in [3.8, 4) is 0 Å². The fourth-order valence-corrected chi connectivity index (χ4v) is 2.00. The Balaban J connectivity index is 0.000000574. The molecule has 3 rings (SSSR count). The summed E-state index contributed by atoms with van der Waals surface area (Å²) in [4.78, 5) is 0. The van der Waals surface area contributed by atoms with Gasteiger partial charge < -0.3 is 9.47 Å². The second-order valence-corrected chi connectivity index (χ2v) is 4.05. The minimum atomic E-state index is 0.0441. The van der Waals surface area contributed by atoms with Gasteiger partial charge in [0.05, 0.1) is 31.5 Å². The Morgan fingerprint density at radius 1 is 1.28 bits per heavy atom. The summed E-state index contributed by atoms with van der Waals surface area (Å²) in [6, 6.07) is 4.17. The zero-order valence-corrected chi connectivity index (χ0v) is 11.2. The maximum Gasteiger partial charge on any atom is 0.107 e. The van der Waals surface area contributed by atoms with Crippen LogP contribution < -0.4 is 0 Å². The summed E-state index contributed by atoms with van der Waals surface area (Å²) in [7, 11) is 0. The van der Waals surface area contributed by atoms with Gasteiger partial charge in [0.2, 0.25) is 0 Å². The highest BCUT2D eigenvalue weighted by Crippen LogP contribution is 2.21. The normalized spacial score (nSPS) is 19.4. The minimum Gasteiger partial charge on any atom is -0.376 e. The Bertz CT molecular complexity index is 501. The molecule has 18 heavy (non-hydrogen) atoms. The predicted molar refractivity (Wildman–Crippen MR) is 70.8 cm³/mol. The number of nitrogens with zero attached hydrogens (tertiary/aromatic N) is 2. The Labute approximate surface area is 108 Å². The fraction of sp³-hybridized carbons (Fsp3) is 0.500. The van der Waals surface area contributed by atoms with Gasteiger partial charge in [0.1, 0.15) is 6.10 Å². The summed E-state index contributed by atoms with van der Waals surface area (Å²) in [6.45, 7) is 8.05. The van der Waals surface area contributed by atoms with Gasteiger partial charge >= 0.3 is 0 Å². The first-order chi connectivity index (χ1) is 8.84. The third kappa shape index (κ3) is 2.54. The maximum absolute atomic E-state index is 5.65. The molecule has 1 aliphatic rings. The van der Waals surface area contributed by atoms with Crippen molar-refractivity contribution in [2.75, 3.05) is 19.8 Å². The molecule has 1 fully saturated rings. The van der Waals surface area contributed by atoms with Gasteiger partial charge in [0.15, 0.2) is 0 Å². The van der Waals surface area contributed by atoms with Crippen LogP contribution in [0.25, 0.3) is 5.52 Å². The molecular formula is C14H20N2O2. The van der Waals surface area contributed by atoms with Gasteiger partial charge in [-0.25, -0.2) is 4.52 Å². The maximum atomic E-state index is 5.65. The largest absolute Gasteiger partial charge is 0.376 e. The van der Waals surface area contributed by atoms with Crippen LogP contribution in [0.3, 0.4) is 0 Å². The van der Waals surface area contributed by atoms with Crippen LogP contribution in [0, 0.1) is 6.92 Å². The molecule has 2 aromatic heterocycles. The number of aromatic nitrogens is 2. The molecule has 98 valence electrons. The molecule has 1 atom stereocenters. The van der Waals surface area contributed by atoms with Crippen LogP contribution in [0.2, 0.25) is 0 Å². The average Bonchev–Trinajstić information content (AvgIpc) is 2.83. The molecule has 0 saturated carbocycles. The second-order valence-electron chi connectivity index (χ2n) is 4.05. The van der Waals surface area contributed by atoms with Crippen molar-refractivity contribution in [1.29, 1.82) is 0 Å². The summed E-state index contributed by atoms with van der Waals surface area (Å²) < 4.78 is 12.9. The summed E-state index contributed by atoms with van der Waals surface area (Å²) in [5, 5.41) is 4.29. The zero-order chi connectivity index (χ0) is 13.0. The van der Waals surface area contributed by atoms with Gasteiger partial charge in [-0.1, -0.05) is 19.9 Å². The topological polar surface area (TPSA) is 35.8 Å². The van der Waals surface area contributed by atoms with Crippen molar-refractivity contribution in [1.82, 2.24) is 9.61 Å². The van der Waals surface area contributed by atoms with Gasteiger partial charge in [-0.15, -0.1) is 0 Å². The Morgan fingerprint density at radius 2 is 2.11 bits per heavy atom. The fourth-order valence-electron chi connectivity index (χ4n) is 2.00. The van der Waals surface area contributed by atoms with Crippen LogP contribution in [-0.4, -0.2) is 29.4 Å². The van der Waals surface area contributed by atoms with E-state index in [1.54, 1.807) is 0 Å². The van der Waals surface area contributed by atoms with Gasteiger partial charge in [-0.3, -0.25) is 0 Å². The summed E-state index contributed by atoms with van der Waals surface area (Å²) in [5.41, 5.74) is 3.45. The molecule has 0 bridgehead atoms. The van der Waals surface area contributed by atoms with Crippen LogP contribution in [0.1, 0.15) is 31.1 Å². The van der Waals surface area contributed by atoms with Crippen molar-refractivity contribution >= 4 is 5.52 Å². The van der Waals surface area contributed by atoms with E-state index in [2.05, 4.69) is 24.2 Å². The highest BCUT2D eigenvalue weighted by atomic mass is 16.6. The number of pyridine rings is 1. The molecule has 1 saturated heterocycles. The SMILES string of the molecule is CC.Cc1cnn2cc(C3COCCO3)ccc12. The molecule has 1 aliphatic heterocycles. The van der Waals surface area contributed by atoms with Gasteiger partial charge in [0, 0.05) is 11.8 Å². The van der Waals surface area contributed by atoms with E-state index in [9.17, 15) is 0 Å². The average molecular weight is 248 g/mol. The molecule has 4 nitrogen and oxygen atoms in total. The molecule has 2 aromatic rings. The lowest BCUT2D eigenvalue weighted by molar-refractivity contribution is -0.0903. The van der Waals surface area contributed by atoms with Gasteiger partial charge in [-0.05, 0) is 18.6 Å². The molecule has 0 spiro atoms. The van der Waals surface area contributed by atoms with Gasteiger partial charge in [0.25, 0.3) is 0 Å². The Kier molecular flexibility index (Phi) is 4.33. The molecule has 0 amide bonds. The number of ether oxygens (including phenoxy) is 2. The quantitative estimate of drug-likeness (QED) is 0.778. The van der Waals surface area contributed by atoms with E-state index in [-0.39, 0.29) is 6.10 Å². The number of aryl methyl sites for hydroxylation is 1. The van der Waals surface area contributed by atoms with Crippen molar-refractivity contribution < 1.29 is 9.47 Å². The lowest BCUT2D eigenvalue weighted by atomic mass is 10.1. The van der Waals surface area contributed by atoms with Crippen molar-refractivity contribution in [3.05, 3.63) is 35.7 Å². The summed E-state index contributed by atoms with van der Waals surface area (Å²) in [5.74, 6) is 0. The van der Waals surface area contributed by atoms with E-state index in [0.29, 0.717) is 19.8 Å². The van der Waals surface area contributed by atoms with Gasteiger partial charge in [-0.2, -0.15) is 5.10 Å². The third-order valence-corrected chi connectivity index (χ3v) is 2.92. The molecular weight excluding hydrogens is 228 g/mol. The Morgan fingerprint density at radius 3 is 2.83 bits per heavy atom. The highest BCUT2D eigenvalue weighted by molar-refractivity contribution is 5.53. The number of fused-ring (bicyclic) bond motifs is 1. The van der Waals surface area contributed by atoms with E-state index in [4.69, 9.17) is 9.47 Å². The summed E-state index contributed by atoms with van der Waals surface area (Å²) in [6.07, 6.45) is 3.93. The van der Waals surface area contributed by atoms with Crippen LogP contribution >= 0.6 is 0 Å². The smallest absolute Gasteiger partial charge is 0.107 e. The van der Waals surface area contributed by atoms with Crippen LogP contribution in [0.5, 0.6) is 0 Å². The van der Waals surface area contributed by atoms with E-state index in [1.807, 2.05) is 30.8 Å². The number of hydrogen-bond acceptors (Lipinski definition) is 3. The van der Waals surface area contributed by atoms with Crippen molar-refractivity contribution in [3.63, 3.8) is 0 Å². The minimum absolute atomic E-state index is 0.0441. The molecule has 3 heterocycles. The molecule has 1 unspecified atom stereocenters. The standard InChI is InChI=1S/C12H14N2O2.C2H6/c1-9-6-13-14-7-10(2-3-11(9)14)12-8-15-4-5-16-12;1-2/h2-3,6-7,12H,4-5,8H2,1H3;1-2H3. The molecule has 0 radical (unpaired) electrons. The van der Waals surface area contributed by atoms with Crippen LogP contribution in [0.15, 0.2) is 24.5 Å². The first-order valence-corrected chi connectivity index (χ1v) is 6.48. The first-order valence-electron chi connectivity index (χ1n) is 6.48. The Hall–Kier alpha value is -1.39. The molecule has 0 aliphatic carbocycles. The molecule has 0 N–H and O–H groups in total.